The van der Waals surface area contributed by atoms with Gasteiger partial charge in [-0.2, -0.15) is 0 Å². The van der Waals surface area contributed by atoms with Crippen molar-refractivity contribution in [3.63, 3.8) is 0 Å². The summed E-state index contributed by atoms with van der Waals surface area (Å²) in [6.45, 7) is 8.31. The molecule has 1 atom stereocenters. The van der Waals surface area contributed by atoms with Gasteiger partial charge in [-0.05, 0) is 49.6 Å². The lowest BCUT2D eigenvalue weighted by atomic mass is 9.89. The van der Waals surface area contributed by atoms with Crippen LogP contribution in [-0.2, 0) is 19.4 Å². The molecule has 0 radical (unpaired) electrons. The summed E-state index contributed by atoms with van der Waals surface area (Å²) in [7, 11) is 0. The Kier molecular flexibility index (Phi) is 4.64. The van der Waals surface area contributed by atoms with E-state index in [2.05, 4.69) is 36.1 Å². The van der Waals surface area contributed by atoms with Crippen LogP contribution >= 0.6 is 11.3 Å². The molecule has 0 fully saturated rings. The molecule has 0 saturated heterocycles. The smallest absolute Gasteiger partial charge is 0.259 e. The van der Waals surface area contributed by atoms with Gasteiger partial charge in [-0.3, -0.25) is 4.79 Å². The van der Waals surface area contributed by atoms with Gasteiger partial charge in [0.2, 0.25) is 0 Å². The molecule has 1 aliphatic rings. The zero-order chi connectivity index (χ0) is 15.7. The van der Waals surface area contributed by atoms with E-state index in [4.69, 9.17) is 0 Å². The van der Waals surface area contributed by atoms with E-state index >= 15 is 0 Å². The van der Waals surface area contributed by atoms with Crippen molar-refractivity contribution in [3.8, 4) is 0 Å². The summed E-state index contributed by atoms with van der Waals surface area (Å²) in [4.78, 5) is 22.4. The first-order valence-corrected chi connectivity index (χ1v) is 9.10. The third kappa shape index (κ3) is 3.25. The minimum absolute atomic E-state index is 0.0395. The van der Waals surface area contributed by atoms with E-state index in [0.29, 0.717) is 12.5 Å². The number of H-pyrrole nitrogens is 1. The van der Waals surface area contributed by atoms with Gasteiger partial charge in [-0.1, -0.05) is 20.8 Å². The van der Waals surface area contributed by atoms with Gasteiger partial charge in [0.25, 0.3) is 5.56 Å². The molecule has 0 bridgehead atoms. The normalized spacial score (nSPS) is 18.1. The molecule has 1 aliphatic carbocycles. The fourth-order valence-corrected chi connectivity index (χ4v) is 4.48. The average Bonchev–Trinajstić information content (AvgIpc) is 2.81. The van der Waals surface area contributed by atoms with Crippen LogP contribution in [0.1, 0.15) is 49.9 Å². The number of nitrogens with one attached hydrogen (secondary N) is 2. The van der Waals surface area contributed by atoms with Crippen LogP contribution in [0.2, 0.25) is 0 Å². The minimum atomic E-state index is 0.0395. The molecule has 1 unspecified atom stereocenters. The van der Waals surface area contributed by atoms with Crippen molar-refractivity contribution < 1.29 is 0 Å². The predicted octanol–water partition coefficient (Wildman–Crippen LogP) is 3.25. The molecule has 2 aromatic rings. The highest BCUT2D eigenvalue weighted by atomic mass is 32.1. The number of aromatic nitrogens is 2. The zero-order valence-electron chi connectivity index (χ0n) is 13.7. The Morgan fingerprint density at radius 2 is 2.27 bits per heavy atom. The summed E-state index contributed by atoms with van der Waals surface area (Å²) in [5.74, 6) is 2.16. The highest BCUT2D eigenvalue weighted by Crippen LogP contribution is 2.35. The molecule has 2 aromatic heterocycles. The van der Waals surface area contributed by atoms with Crippen molar-refractivity contribution >= 4 is 21.6 Å². The van der Waals surface area contributed by atoms with Crippen molar-refractivity contribution in [2.45, 2.75) is 53.0 Å². The van der Waals surface area contributed by atoms with Gasteiger partial charge in [-0.15, -0.1) is 11.3 Å². The van der Waals surface area contributed by atoms with E-state index in [9.17, 15) is 4.79 Å². The lowest BCUT2D eigenvalue weighted by Gasteiger charge is -2.17. The van der Waals surface area contributed by atoms with E-state index in [0.717, 1.165) is 47.8 Å². The monoisotopic (exact) mass is 319 g/mol. The topological polar surface area (TPSA) is 57.8 Å². The number of thiophene rings is 1. The van der Waals surface area contributed by atoms with Crippen molar-refractivity contribution in [1.29, 1.82) is 0 Å². The highest BCUT2D eigenvalue weighted by Gasteiger charge is 2.22. The van der Waals surface area contributed by atoms with E-state index < -0.39 is 0 Å². The maximum atomic E-state index is 12.4. The molecule has 0 amide bonds. The fraction of sp³-hybridized carbons (Fsp3) is 0.647. The first kappa shape index (κ1) is 15.7. The lowest BCUT2D eigenvalue weighted by molar-refractivity contribution is 0.509. The lowest BCUT2D eigenvalue weighted by Crippen LogP contribution is -2.21. The molecule has 2 N–H and O–H groups in total. The first-order chi connectivity index (χ1) is 10.5. The third-order valence-corrected chi connectivity index (χ3v) is 5.55. The molecule has 0 saturated carbocycles. The molecule has 4 nitrogen and oxygen atoms in total. The Labute approximate surface area is 135 Å². The summed E-state index contributed by atoms with van der Waals surface area (Å²) in [6.07, 6.45) is 4.43. The number of aryl methyl sites for hydroxylation is 1. The third-order valence-electron chi connectivity index (χ3n) is 4.41. The molecule has 22 heavy (non-hydrogen) atoms. The molecule has 2 heterocycles. The summed E-state index contributed by atoms with van der Waals surface area (Å²) in [5.41, 5.74) is 1.30. The van der Waals surface area contributed by atoms with Crippen molar-refractivity contribution in [2.75, 3.05) is 6.54 Å². The second-order valence-corrected chi connectivity index (χ2v) is 7.99. The number of rotatable bonds is 5. The van der Waals surface area contributed by atoms with Gasteiger partial charge < -0.3 is 10.3 Å². The summed E-state index contributed by atoms with van der Waals surface area (Å²) < 4.78 is 0. The summed E-state index contributed by atoms with van der Waals surface area (Å²) in [5, 5.41) is 4.21. The van der Waals surface area contributed by atoms with Crippen molar-refractivity contribution in [1.82, 2.24) is 15.3 Å². The van der Waals surface area contributed by atoms with Crippen LogP contribution in [0.4, 0.5) is 0 Å². The molecular formula is C17H25N3OS. The Bertz CT molecular complexity index is 716. The Morgan fingerprint density at radius 3 is 3.05 bits per heavy atom. The SMILES string of the molecule is CC(C)CCNCc1nc2sc3c(c2c(=O)[nH]1)CCC(C)C3. The van der Waals surface area contributed by atoms with Crippen LogP contribution in [0.25, 0.3) is 10.2 Å². The van der Waals surface area contributed by atoms with E-state index in [1.165, 1.54) is 16.9 Å². The van der Waals surface area contributed by atoms with Crippen LogP contribution in [0.15, 0.2) is 4.79 Å². The van der Waals surface area contributed by atoms with Crippen LogP contribution in [0.5, 0.6) is 0 Å². The Balaban J connectivity index is 1.82. The Morgan fingerprint density at radius 1 is 1.45 bits per heavy atom. The summed E-state index contributed by atoms with van der Waals surface area (Å²) in [6, 6.07) is 0. The van der Waals surface area contributed by atoms with E-state index in [1.807, 2.05) is 0 Å². The second kappa shape index (κ2) is 6.50. The van der Waals surface area contributed by atoms with Gasteiger partial charge in [0.05, 0.1) is 11.9 Å². The Hall–Kier alpha value is -1.20. The predicted molar refractivity (Wildman–Crippen MR) is 92.6 cm³/mol. The zero-order valence-corrected chi connectivity index (χ0v) is 14.5. The minimum Gasteiger partial charge on any atom is -0.310 e. The summed E-state index contributed by atoms with van der Waals surface area (Å²) >= 11 is 1.72. The molecule has 120 valence electrons. The molecule has 0 aliphatic heterocycles. The van der Waals surface area contributed by atoms with Crippen LogP contribution < -0.4 is 10.9 Å². The first-order valence-electron chi connectivity index (χ1n) is 8.28. The standard InChI is InChI=1S/C17H25N3OS/c1-10(2)6-7-18-9-14-19-16(21)15-12-5-4-11(3)8-13(12)22-17(15)20-14/h10-11,18H,4-9H2,1-3H3,(H,19,20,21). The largest absolute Gasteiger partial charge is 0.310 e. The number of hydrogen-bond donors (Lipinski definition) is 2. The fourth-order valence-electron chi connectivity index (χ4n) is 3.07. The number of aromatic amines is 1. The van der Waals surface area contributed by atoms with Crippen molar-refractivity contribution in [3.05, 3.63) is 26.6 Å². The highest BCUT2D eigenvalue weighted by molar-refractivity contribution is 7.18. The molecule has 0 spiro atoms. The number of hydrogen-bond acceptors (Lipinski definition) is 4. The maximum Gasteiger partial charge on any atom is 0.259 e. The van der Waals surface area contributed by atoms with E-state index in [1.54, 1.807) is 11.3 Å². The quantitative estimate of drug-likeness (QED) is 0.832. The molecule has 3 rings (SSSR count). The second-order valence-electron chi connectivity index (χ2n) is 6.90. The van der Waals surface area contributed by atoms with Crippen LogP contribution in [-0.4, -0.2) is 16.5 Å². The van der Waals surface area contributed by atoms with Gasteiger partial charge in [-0.25, -0.2) is 4.98 Å². The number of nitrogens with zero attached hydrogens (tertiary/aromatic N) is 1. The van der Waals surface area contributed by atoms with Crippen LogP contribution in [0.3, 0.4) is 0 Å². The van der Waals surface area contributed by atoms with E-state index in [-0.39, 0.29) is 5.56 Å². The average molecular weight is 319 g/mol. The van der Waals surface area contributed by atoms with Gasteiger partial charge >= 0.3 is 0 Å². The molecule has 5 heteroatoms. The molecular weight excluding hydrogens is 294 g/mol. The van der Waals surface area contributed by atoms with Crippen LogP contribution in [0, 0.1) is 11.8 Å². The maximum absolute atomic E-state index is 12.4. The van der Waals surface area contributed by atoms with Crippen molar-refractivity contribution in [2.24, 2.45) is 11.8 Å². The number of fused-ring (bicyclic) bond motifs is 3. The van der Waals surface area contributed by atoms with Gasteiger partial charge in [0.15, 0.2) is 0 Å². The molecule has 0 aromatic carbocycles. The van der Waals surface area contributed by atoms with Gasteiger partial charge in [0, 0.05) is 4.88 Å². The van der Waals surface area contributed by atoms with Gasteiger partial charge in [0.1, 0.15) is 10.7 Å².